The van der Waals surface area contributed by atoms with Crippen LogP contribution in [0.5, 0.6) is 5.75 Å². The summed E-state index contributed by atoms with van der Waals surface area (Å²) in [6.07, 6.45) is 4.15. The smallest absolute Gasteiger partial charge is 0.226 e. The van der Waals surface area contributed by atoms with E-state index in [1.165, 1.54) is 0 Å². The Balaban J connectivity index is 2.39. The van der Waals surface area contributed by atoms with Crippen molar-refractivity contribution in [3.63, 3.8) is 0 Å². The lowest BCUT2D eigenvalue weighted by atomic mass is 10.1. The van der Waals surface area contributed by atoms with Crippen molar-refractivity contribution in [2.75, 3.05) is 18.6 Å². The van der Waals surface area contributed by atoms with E-state index in [2.05, 4.69) is 4.98 Å². The molecule has 1 aromatic rings. The van der Waals surface area contributed by atoms with Gasteiger partial charge in [0.05, 0.1) is 24.7 Å². The second-order valence-corrected chi connectivity index (χ2v) is 3.84. The Morgan fingerprint density at radius 3 is 3.12 bits per heavy atom. The number of amides is 1. The minimum atomic E-state index is 0.149. The highest BCUT2D eigenvalue weighted by atomic mass is 16.5. The number of nitrogens with zero attached hydrogens (tertiary/aromatic N) is 2. The molecule has 1 aliphatic rings. The molecule has 1 amide bonds. The second-order valence-electron chi connectivity index (χ2n) is 3.84. The number of carbonyl (C=O) groups excluding carboxylic acids is 1. The van der Waals surface area contributed by atoms with Crippen LogP contribution in [0.2, 0.25) is 0 Å². The zero-order valence-corrected chi connectivity index (χ0v) is 9.69. The third-order valence-electron chi connectivity index (χ3n) is 2.85. The Morgan fingerprint density at radius 2 is 2.44 bits per heavy atom. The van der Waals surface area contributed by atoms with E-state index < -0.39 is 0 Å². The fraction of sp³-hybridized carbons (Fsp3) is 0.500. The Bertz CT molecular complexity index is 404. The van der Waals surface area contributed by atoms with E-state index >= 15 is 0 Å². The highest BCUT2D eigenvalue weighted by Crippen LogP contribution is 2.29. The van der Waals surface area contributed by atoms with Gasteiger partial charge in [0.1, 0.15) is 5.75 Å². The number of anilines is 1. The molecule has 0 saturated heterocycles. The molecule has 2 rings (SSSR count). The molecule has 4 heteroatoms. The first kappa shape index (κ1) is 10.9. The molecule has 0 fully saturated rings. The van der Waals surface area contributed by atoms with Crippen molar-refractivity contribution in [3.05, 3.63) is 18.0 Å². The fourth-order valence-corrected chi connectivity index (χ4v) is 1.98. The van der Waals surface area contributed by atoms with Gasteiger partial charge >= 0.3 is 0 Å². The van der Waals surface area contributed by atoms with Gasteiger partial charge in [0.15, 0.2) is 0 Å². The summed E-state index contributed by atoms with van der Waals surface area (Å²) >= 11 is 0. The van der Waals surface area contributed by atoms with E-state index in [9.17, 15) is 4.79 Å². The number of pyridine rings is 1. The van der Waals surface area contributed by atoms with Crippen LogP contribution >= 0.6 is 0 Å². The Labute approximate surface area is 95.2 Å². The number of hydrogen-bond acceptors (Lipinski definition) is 3. The average Bonchev–Trinajstić information content (AvgIpc) is 2.36. The molecule has 0 aliphatic carbocycles. The average molecular weight is 220 g/mol. The summed E-state index contributed by atoms with van der Waals surface area (Å²) in [7, 11) is 1.61. The number of aryl methyl sites for hydroxylation is 1. The van der Waals surface area contributed by atoms with Gasteiger partial charge in [0.25, 0.3) is 0 Å². The number of methoxy groups -OCH3 is 1. The van der Waals surface area contributed by atoms with Gasteiger partial charge in [-0.1, -0.05) is 6.92 Å². The molecule has 0 bridgehead atoms. The van der Waals surface area contributed by atoms with Crippen molar-refractivity contribution >= 4 is 11.6 Å². The van der Waals surface area contributed by atoms with E-state index in [-0.39, 0.29) is 5.91 Å². The first-order valence-electron chi connectivity index (χ1n) is 5.59. The predicted molar refractivity (Wildman–Crippen MR) is 61.8 cm³/mol. The number of carbonyl (C=O) groups is 1. The Morgan fingerprint density at radius 1 is 1.62 bits per heavy atom. The largest absolute Gasteiger partial charge is 0.495 e. The Hall–Kier alpha value is -1.58. The van der Waals surface area contributed by atoms with E-state index in [4.69, 9.17) is 4.74 Å². The van der Waals surface area contributed by atoms with E-state index in [1.807, 2.05) is 17.9 Å². The van der Waals surface area contributed by atoms with Crippen molar-refractivity contribution < 1.29 is 9.53 Å². The maximum atomic E-state index is 11.8. The third-order valence-corrected chi connectivity index (χ3v) is 2.85. The van der Waals surface area contributed by atoms with Gasteiger partial charge in [-0.3, -0.25) is 9.78 Å². The molecule has 0 atom stereocenters. The first-order chi connectivity index (χ1) is 7.76. The van der Waals surface area contributed by atoms with Crippen molar-refractivity contribution in [1.29, 1.82) is 0 Å². The molecule has 1 aliphatic heterocycles. The lowest BCUT2D eigenvalue weighted by Gasteiger charge is -2.28. The summed E-state index contributed by atoms with van der Waals surface area (Å²) in [5.41, 5.74) is 1.91. The molecule has 16 heavy (non-hydrogen) atoms. The van der Waals surface area contributed by atoms with Gasteiger partial charge in [-0.2, -0.15) is 0 Å². The number of ether oxygens (including phenoxy) is 1. The summed E-state index contributed by atoms with van der Waals surface area (Å²) < 4.78 is 5.14. The van der Waals surface area contributed by atoms with E-state index in [0.29, 0.717) is 12.2 Å². The topological polar surface area (TPSA) is 42.4 Å². The van der Waals surface area contributed by atoms with E-state index in [1.54, 1.807) is 13.3 Å². The van der Waals surface area contributed by atoms with Crippen LogP contribution in [0.1, 0.15) is 25.5 Å². The van der Waals surface area contributed by atoms with Crippen molar-refractivity contribution in [1.82, 2.24) is 4.98 Å². The first-order valence-corrected chi connectivity index (χ1v) is 5.59. The monoisotopic (exact) mass is 220 g/mol. The van der Waals surface area contributed by atoms with Crippen LogP contribution in [0.3, 0.4) is 0 Å². The zero-order valence-electron chi connectivity index (χ0n) is 9.69. The van der Waals surface area contributed by atoms with Gasteiger partial charge in [-0.05, 0) is 12.8 Å². The number of aromatic nitrogens is 1. The molecule has 0 spiro atoms. The van der Waals surface area contributed by atoms with E-state index in [0.717, 1.165) is 30.8 Å². The molecule has 86 valence electrons. The SMILES string of the molecule is CCC(=O)N1CCCc2ncc(OC)cc21. The molecular weight excluding hydrogens is 204 g/mol. The fourth-order valence-electron chi connectivity index (χ4n) is 1.98. The summed E-state index contributed by atoms with van der Waals surface area (Å²) in [6.45, 7) is 2.67. The highest BCUT2D eigenvalue weighted by molar-refractivity contribution is 5.94. The standard InChI is InChI=1S/C12H16N2O2/c1-3-12(15)14-6-4-5-10-11(14)7-9(16-2)8-13-10/h7-8H,3-6H2,1-2H3. The Kier molecular flexibility index (Phi) is 3.08. The highest BCUT2D eigenvalue weighted by Gasteiger charge is 2.22. The van der Waals surface area contributed by atoms with Crippen LogP contribution in [0.25, 0.3) is 0 Å². The van der Waals surface area contributed by atoms with Crippen LogP contribution in [0.15, 0.2) is 12.3 Å². The quantitative estimate of drug-likeness (QED) is 0.763. The number of fused-ring (bicyclic) bond motifs is 1. The molecule has 0 saturated carbocycles. The van der Waals surface area contributed by atoms with Gasteiger partial charge in [-0.15, -0.1) is 0 Å². The minimum Gasteiger partial charge on any atom is -0.495 e. The van der Waals surface area contributed by atoms with Crippen molar-refractivity contribution in [2.45, 2.75) is 26.2 Å². The molecule has 0 N–H and O–H groups in total. The summed E-state index contributed by atoms with van der Waals surface area (Å²) in [6, 6.07) is 1.90. The molecule has 1 aromatic heterocycles. The number of rotatable bonds is 2. The maximum absolute atomic E-state index is 11.8. The van der Waals surface area contributed by atoms with Crippen LogP contribution in [-0.4, -0.2) is 24.5 Å². The summed E-state index contributed by atoms with van der Waals surface area (Å²) in [4.78, 5) is 17.9. The second kappa shape index (κ2) is 4.51. The molecule has 0 unspecified atom stereocenters. The lowest BCUT2D eigenvalue weighted by Crippen LogP contribution is -2.35. The zero-order chi connectivity index (χ0) is 11.5. The summed E-state index contributed by atoms with van der Waals surface area (Å²) in [5.74, 6) is 0.852. The van der Waals surface area contributed by atoms with Gasteiger partial charge < -0.3 is 9.64 Å². The molecule has 0 aromatic carbocycles. The van der Waals surface area contributed by atoms with Crippen LogP contribution in [-0.2, 0) is 11.2 Å². The summed E-state index contributed by atoms with van der Waals surface area (Å²) in [5, 5.41) is 0. The molecular formula is C12H16N2O2. The lowest BCUT2D eigenvalue weighted by molar-refractivity contribution is -0.118. The third kappa shape index (κ3) is 1.87. The van der Waals surface area contributed by atoms with Gasteiger partial charge in [-0.25, -0.2) is 0 Å². The molecule has 2 heterocycles. The predicted octanol–water partition coefficient (Wildman–Crippen LogP) is 1.78. The normalized spacial score (nSPS) is 14.5. The van der Waals surface area contributed by atoms with Crippen LogP contribution in [0.4, 0.5) is 5.69 Å². The number of hydrogen-bond donors (Lipinski definition) is 0. The molecule has 4 nitrogen and oxygen atoms in total. The maximum Gasteiger partial charge on any atom is 0.226 e. The van der Waals surface area contributed by atoms with Gasteiger partial charge in [0.2, 0.25) is 5.91 Å². The minimum absolute atomic E-state index is 0.149. The molecule has 0 radical (unpaired) electrons. The van der Waals surface area contributed by atoms with Crippen LogP contribution < -0.4 is 9.64 Å². The van der Waals surface area contributed by atoms with Crippen molar-refractivity contribution in [2.24, 2.45) is 0 Å². The van der Waals surface area contributed by atoms with Crippen molar-refractivity contribution in [3.8, 4) is 5.75 Å². The van der Waals surface area contributed by atoms with Crippen LogP contribution in [0, 0.1) is 0 Å². The van der Waals surface area contributed by atoms with Gasteiger partial charge in [0, 0.05) is 19.0 Å².